The van der Waals surface area contributed by atoms with E-state index in [9.17, 15) is 4.39 Å². The molecule has 4 rings (SSSR count). The molecule has 2 radical (unpaired) electrons. The second-order valence-corrected chi connectivity index (χ2v) is 7.44. The maximum atomic E-state index is 13.3. The van der Waals surface area contributed by atoms with E-state index >= 15 is 0 Å². The molecule has 156 valence electrons. The first-order valence-corrected chi connectivity index (χ1v) is 9.80. The van der Waals surface area contributed by atoms with Gasteiger partial charge >= 0.3 is 164 Å². The van der Waals surface area contributed by atoms with E-state index < -0.39 is 0 Å². The van der Waals surface area contributed by atoms with Crippen LogP contribution in [-0.4, -0.2) is 31.4 Å². The van der Waals surface area contributed by atoms with E-state index in [0.717, 1.165) is 32.5 Å². The van der Waals surface area contributed by atoms with E-state index in [0.29, 0.717) is 17.3 Å². The molecule has 30 heavy (non-hydrogen) atoms. The number of hydrogen-bond acceptors (Lipinski definition) is 4. The summed E-state index contributed by atoms with van der Waals surface area (Å²) in [6, 6.07) is 13.7. The van der Waals surface area contributed by atoms with Gasteiger partial charge in [-0.1, -0.05) is 0 Å². The second kappa shape index (κ2) is 10.5. The summed E-state index contributed by atoms with van der Waals surface area (Å²) in [5, 5.41) is 0.447. The van der Waals surface area contributed by atoms with Gasteiger partial charge in [-0.15, -0.1) is 24.8 Å². The molecule has 10 heteroatoms. The van der Waals surface area contributed by atoms with Gasteiger partial charge in [0.05, 0.1) is 0 Å². The number of halogens is 4. The first kappa shape index (κ1) is 24.4. The molecule has 2 aromatic carbocycles. The maximum absolute atomic E-state index is 13.3. The van der Waals surface area contributed by atoms with E-state index in [1.807, 2.05) is 16.7 Å². The van der Waals surface area contributed by atoms with E-state index in [1.165, 1.54) is 18.5 Å². The molecule has 2 N–H and O–H groups in total. The average molecular weight is 530 g/mol. The van der Waals surface area contributed by atoms with Gasteiger partial charge in [-0.25, -0.2) is 4.39 Å². The Morgan fingerprint density at radius 3 is 2.60 bits per heavy atom. The van der Waals surface area contributed by atoms with Crippen molar-refractivity contribution < 1.29 is 9.13 Å². The number of fused-ring (bicyclic) bond motifs is 1. The first-order valence-electron chi connectivity index (χ1n) is 8.48. The topological polar surface area (TPSA) is 66.0 Å². The third kappa shape index (κ3) is 4.90. The third-order valence-corrected chi connectivity index (χ3v) is 5.29. The number of rotatable bonds is 5. The fourth-order valence-electron chi connectivity index (χ4n) is 3.05. The van der Waals surface area contributed by atoms with E-state index in [4.69, 9.17) is 22.1 Å². The van der Waals surface area contributed by atoms with Crippen LogP contribution in [-0.2, 0) is 13.2 Å². The number of ether oxygens (including phenoxy) is 1. The van der Waals surface area contributed by atoms with Gasteiger partial charge in [0, 0.05) is 0 Å². The van der Waals surface area contributed by atoms with Crippen LogP contribution in [0.25, 0.3) is 16.7 Å². The molecule has 0 unspecified atom stereocenters. The molecule has 0 amide bonds. The van der Waals surface area contributed by atoms with Crippen molar-refractivity contribution in [3.63, 3.8) is 0 Å². The Hall–Kier alpha value is -1.82. The van der Waals surface area contributed by atoms with Gasteiger partial charge in [0.1, 0.15) is 0 Å². The molecule has 0 aliphatic carbocycles. The average Bonchev–Trinajstić information content (AvgIpc) is 3.07. The van der Waals surface area contributed by atoms with Crippen LogP contribution in [0.3, 0.4) is 0 Å². The van der Waals surface area contributed by atoms with Gasteiger partial charge in [0.2, 0.25) is 0 Å². The number of aromatic nitrogens is 3. The fourth-order valence-corrected chi connectivity index (χ4v) is 3.84. The van der Waals surface area contributed by atoms with Crippen LogP contribution >= 0.6 is 36.4 Å². The van der Waals surface area contributed by atoms with Crippen molar-refractivity contribution in [1.29, 1.82) is 0 Å². The van der Waals surface area contributed by atoms with Crippen molar-refractivity contribution in [2.75, 3.05) is 0 Å². The Morgan fingerprint density at radius 2 is 1.90 bits per heavy atom. The number of benzene rings is 2. The zero-order valence-electron chi connectivity index (χ0n) is 15.5. The van der Waals surface area contributed by atoms with Crippen molar-refractivity contribution in [3.8, 4) is 11.4 Å². The summed E-state index contributed by atoms with van der Waals surface area (Å²) in [5.74, 6) is 0.219. The standard InChI is InChI=1S/C20H15AsClFN4O.2ClH/c21-20-19-17(25-11-26-20)8-15(9-24)27(19)14-4-5-18(16(22)7-14)28-10-12-2-1-3-13(23)6-12;;/h1-8,11H,9-10,24H2;2*1H. The van der Waals surface area contributed by atoms with Gasteiger partial charge in [-0.3, -0.25) is 0 Å². The minimum atomic E-state index is -0.299. The minimum absolute atomic E-state index is 0. The Labute approximate surface area is 199 Å². The molecule has 4 aromatic rings. The van der Waals surface area contributed by atoms with Gasteiger partial charge in [0.25, 0.3) is 0 Å². The fraction of sp³-hybridized carbons (Fsp3) is 0.100. The molecule has 2 heterocycles. The van der Waals surface area contributed by atoms with Crippen LogP contribution in [0.1, 0.15) is 11.3 Å². The molecule has 0 aliphatic rings. The summed E-state index contributed by atoms with van der Waals surface area (Å²) in [4.78, 5) is 8.58. The zero-order chi connectivity index (χ0) is 19.7. The van der Waals surface area contributed by atoms with Crippen molar-refractivity contribution in [3.05, 3.63) is 77.0 Å². The van der Waals surface area contributed by atoms with Crippen LogP contribution in [0, 0.1) is 5.82 Å². The summed E-state index contributed by atoms with van der Waals surface area (Å²) >= 11 is 8.90. The molecule has 2 aromatic heterocycles. The SMILES string of the molecule is Cl.Cl.NCc1cc2ncnc([As])c2n1-c1ccc(OCc2cccc(F)c2)c(Cl)c1. The van der Waals surface area contributed by atoms with E-state index in [-0.39, 0.29) is 37.2 Å². The summed E-state index contributed by atoms with van der Waals surface area (Å²) < 4.78 is 21.8. The van der Waals surface area contributed by atoms with Crippen LogP contribution in [0.2, 0.25) is 5.02 Å². The predicted octanol–water partition coefficient (Wildman–Crippen LogP) is 3.89. The van der Waals surface area contributed by atoms with Crippen LogP contribution < -0.4 is 15.0 Å². The molecule has 0 atom stereocenters. The molecular weight excluding hydrogens is 513 g/mol. The van der Waals surface area contributed by atoms with E-state index in [1.54, 1.807) is 24.3 Å². The van der Waals surface area contributed by atoms with Gasteiger partial charge in [-0.05, 0) is 6.07 Å². The predicted molar refractivity (Wildman–Crippen MR) is 122 cm³/mol. The molecule has 5 nitrogen and oxygen atoms in total. The number of nitrogens with two attached hydrogens (primary N) is 1. The monoisotopic (exact) mass is 528 g/mol. The Bertz CT molecular complexity index is 1170. The Balaban J connectivity index is 0.00000160. The molecule has 0 saturated heterocycles. The molecule has 0 saturated carbocycles. The quantitative estimate of drug-likeness (QED) is 0.399. The van der Waals surface area contributed by atoms with Crippen LogP contribution in [0.15, 0.2) is 54.9 Å². The summed E-state index contributed by atoms with van der Waals surface area (Å²) in [5.41, 5.74) is 10.1. The molecule has 0 fully saturated rings. The van der Waals surface area contributed by atoms with Crippen molar-refractivity contribution in [2.24, 2.45) is 5.73 Å². The second-order valence-electron chi connectivity index (χ2n) is 6.14. The van der Waals surface area contributed by atoms with Gasteiger partial charge in [0.15, 0.2) is 0 Å². The van der Waals surface area contributed by atoms with Gasteiger partial charge < -0.3 is 0 Å². The summed E-state index contributed by atoms with van der Waals surface area (Å²) in [6.45, 7) is 0.569. The summed E-state index contributed by atoms with van der Waals surface area (Å²) in [6.07, 6.45) is 1.52. The zero-order valence-corrected chi connectivity index (χ0v) is 19.7. The van der Waals surface area contributed by atoms with E-state index in [2.05, 4.69) is 26.8 Å². The van der Waals surface area contributed by atoms with Crippen LogP contribution in [0.4, 0.5) is 4.39 Å². The van der Waals surface area contributed by atoms with Crippen molar-refractivity contribution in [2.45, 2.75) is 13.2 Å². The van der Waals surface area contributed by atoms with Crippen molar-refractivity contribution >= 4 is 68.8 Å². The number of hydrogen-bond donors (Lipinski definition) is 1. The first-order chi connectivity index (χ1) is 13.6. The molecule has 0 spiro atoms. The Morgan fingerprint density at radius 1 is 1.10 bits per heavy atom. The molecule has 0 aliphatic heterocycles. The number of nitrogens with zero attached hydrogens (tertiary/aromatic N) is 3. The van der Waals surface area contributed by atoms with Crippen molar-refractivity contribution in [1.82, 2.24) is 14.5 Å². The third-order valence-electron chi connectivity index (χ3n) is 4.31. The van der Waals surface area contributed by atoms with Gasteiger partial charge in [-0.2, -0.15) is 0 Å². The Kier molecular flexibility index (Phi) is 8.53. The molecule has 0 bridgehead atoms. The molecular formula is C20H17AsCl3FN4O. The normalized spacial score (nSPS) is 10.4. The van der Waals surface area contributed by atoms with Crippen LogP contribution in [0.5, 0.6) is 5.75 Å². The summed E-state index contributed by atoms with van der Waals surface area (Å²) in [7, 11) is 0.